The molecular weight excluding hydrogens is 493 g/mol. The van der Waals surface area contributed by atoms with E-state index in [0.717, 1.165) is 35.0 Å². The van der Waals surface area contributed by atoms with Gasteiger partial charge in [-0.25, -0.2) is 0 Å². The number of nitrogens with one attached hydrogen (secondary N) is 2. The van der Waals surface area contributed by atoms with Gasteiger partial charge in [0.1, 0.15) is 23.7 Å². The number of methoxy groups -OCH3 is 1. The van der Waals surface area contributed by atoms with E-state index in [9.17, 15) is 0 Å². The highest BCUT2D eigenvalue weighted by molar-refractivity contribution is 14.0. The molecule has 0 radical (unpaired) electrons. The van der Waals surface area contributed by atoms with Gasteiger partial charge in [0.2, 0.25) is 0 Å². The summed E-state index contributed by atoms with van der Waals surface area (Å²) < 4.78 is 16.8. The zero-order valence-corrected chi connectivity index (χ0v) is 20.4. The monoisotopic (exact) mass is 525 g/mol. The number of fused-ring (bicyclic) bond motifs is 1. The number of aliphatic imine (C=N–C) groups is 1. The first-order chi connectivity index (χ1) is 14.0. The van der Waals surface area contributed by atoms with Gasteiger partial charge < -0.3 is 24.8 Å². The van der Waals surface area contributed by atoms with Crippen LogP contribution in [0.15, 0.2) is 53.5 Å². The van der Waals surface area contributed by atoms with Crippen LogP contribution in [0.1, 0.15) is 37.4 Å². The molecule has 0 fully saturated rings. The van der Waals surface area contributed by atoms with Gasteiger partial charge in [-0.3, -0.25) is 4.99 Å². The minimum absolute atomic E-state index is 0. The molecule has 0 aromatic heterocycles. The van der Waals surface area contributed by atoms with Gasteiger partial charge in [-0.05, 0) is 37.6 Å². The average Bonchev–Trinajstić information content (AvgIpc) is 2.70. The van der Waals surface area contributed by atoms with Crippen molar-refractivity contribution in [2.24, 2.45) is 4.99 Å². The zero-order valence-electron chi connectivity index (χ0n) is 18.1. The lowest BCUT2D eigenvalue weighted by atomic mass is 9.90. The third kappa shape index (κ3) is 6.77. The first-order valence-electron chi connectivity index (χ1n) is 9.96. The molecule has 1 unspecified atom stereocenters. The van der Waals surface area contributed by atoms with Gasteiger partial charge in [0.15, 0.2) is 5.96 Å². The van der Waals surface area contributed by atoms with Crippen molar-refractivity contribution in [2.75, 3.05) is 27.4 Å². The highest BCUT2D eigenvalue weighted by Gasteiger charge is 2.33. The summed E-state index contributed by atoms with van der Waals surface area (Å²) in [5.41, 5.74) is 2.04. The molecule has 1 atom stereocenters. The molecular formula is C23H32IN3O3. The van der Waals surface area contributed by atoms with Crippen molar-refractivity contribution in [3.05, 3.63) is 59.7 Å². The molecule has 2 aromatic carbocycles. The Balaban J connectivity index is 0.00000320. The van der Waals surface area contributed by atoms with Gasteiger partial charge in [-0.15, -0.1) is 24.0 Å². The van der Waals surface area contributed by atoms with E-state index in [0.29, 0.717) is 19.8 Å². The van der Waals surface area contributed by atoms with Gasteiger partial charge in [0.25, 0.3) is 0 Å². The second-order valence-corrected chi connectivity index (χ2v) is 7.72. The molecule has 2 N–H and O–H groups in total. The Hall–Kier alpha value is -2.00. The van der Waals surface area contributed by atoms with Crippen molar-refractivity contribution in [1.29, 1.82) is 0 Å². The van der Waals surface area contributed by atoms with Crippen LogP contribution in [-0.2, 0) is 11.3 Å². The van der Waals surface area contributed by atoms with E-state index in [4.69, 9.17) is 14.2 Å². The number of ether oxygens (including phenoxy) is 3. The highest BCUT2D eigenvalue weighted by Crippen LogP contribution is 2.39. The van der Waals surface area contributed by atoms with Crippen molar-refractivity contribution in [3.8, 4) is 11.5 Å². The van der Waals surface area contributed by atoms with Gasteiger partial charge in [0.05, 0.1) is 12.6 Å². The van der Waals surface area contributed by atoms with E-state index in [1.165, 1.54) is 0 Å². The number of benzene rings is 2. The Kier molecular flexibility index (Phi) is 9.23. The van der Waals surface area contributed by atoms with Crippen LogP contribution in [0.3, 0.4) is 0 Å². The van der Waals surface area contributed by atoms with E-state index < -0.39 is 0 Å². The Morgan fingerprint density at radius 2 is 1.97 bits per heavy atom. The smallest absolute Gasteiger partial charge is 0.191 e. The lowest BCUT2D eigenvalue weighted by Gasteiger charge is -2.38. The summed E-state index contributed by atoms with van der Waals surface area (Å²) in [5, 5.41) is 6.96. The largest absolute Gasteiger partial charge is 0.491 e. The lowest BCUT2D eigenvalue weighted by Crippen LogP contribution is -2.45. The molecule has 1 heterocycles. The van der Waals surface area contributed by atoms with Crippen molar-refractivity contribution in [1.82, 2.24) is 10.6 Å². The van der Waals surface area contributed by atoms with E-state index in [-0.39, 0.29) is 35.6 Å². The van der Waals surface area contributed by atoms with Crippen LogP contribution in [0.25, 0.3) is 0 Å². The molecule has 0 saturated carbocycles. The molecule has 164 valence electrons. The molecule has 6 nitrogen and oxygen atoms in total. The van der Waals surface area contributed by atoms with Crippen LogP contribution in [0, 0.1) is 0 Å². The number of para-hydroxylation sites is 1. The minimum atomic E-state index is -0.237. The third-order valence-electron chi connectivity index (χ3n) is 4.83. The molecule has 2 aromatic rings. The summed E-state index contributed by atoms with van der Waals surface area (Å²) in [7, 11) is 3.45. The van der Waals surface area contributed by atoms with Crippen LogP contribution in [0.4, 0.5) is 0 Å². The Morgan fingerprint density at radius 3 is 2.73 bits per heavy atom. The summed E-state index contributed by atoms with van der Waals surface area (Å²) in [5.74, 6) is 2.52. The predicted molar refractivity (Wildman–Crippen MR) is 131 cm³/mol. The first kappa shape index (κ1) is 24.3. The summed E-state index contributed by atoms with van der Waals surface area (Å²) in [6.45, 7) is 5.98. The number of hydrogen-bond donors (Lipinski definition) is 2. The Morgan fingerprint density at radius 1 is 1.17 bits per heavy atom. The van der Waals surface area contributed by atoms with Crippen LogP contribution in [0.2, 0.25) is 0 Å². The minimum Gasteiger partial charge on any atom is -0.491 e. The van der Waals surface area contributed by atoms with Crippen LogP contribution in [-0.4, -0.2) is 38.9 Å². The molecule has 0 spiro atoms. The molecule has 7 heteroatoms. The van der Waals surface area contributed by atoms with Crippen LogP contribution < -0.4 is 20.1 Å². The van der Waals surface area contributed by atoms with Gasteiger partial charge in [-0.1, -0.05) is 30.3 Å². The third-order valence-corrected chi connectivity index (χ3v) is 4.83. The second kappa shape index (κ2) is 11.4. The van der Waals surface area contributed by atoms with E-state index in [2.05, 4.69) is 41.6 Å². The van der Waals surface area contributed by atoms with Gasteiger partial charge >= 0.3 is 0 Å². The SMILES string of the molecule is CN=C(NCc1cccc(OCCOC)c1)NC1CC(C)(C)Oc2ccccc21.I. The lowest BCUT2D eigenvalue weighted by molar-refractivity contribution is 0.0694. The molecule has 30 heavy (non-hydrogen) atoms. The quantitative estimate of drug-likeness (QED) is 0.244. The Bertz CT molecular complexity index is 842. The fraction of sp³-hybridized carbons (Fsp3) is 0.435. The highest BCUT2D eigenvalue weighted by atomic mass is 127. The predicted octanol–water partition coefficient (Wildman–Crippen LogP) is 4.30. The molecule has 3 rings (SSSR count). The molecule has 1 aliphatic heterocycles. The second-order valence-electron chi connectivity index (χ2n) is 7.72. The number of nitrogens with zero attached hydrogens (tertiary/aromatic N) is 1. The number of hydrogen-bond acceptors (Lipinski definition) is 4. The van der Waals surface area contributed by atoms with Crippen molar-refractivity contribution in [3.63, 3.8) is 0 Å². The topological polar surface area (TPSA) is 64.1 Å². The maximum absolute atomic E-state index is 6.12. The van der Waals surface area contributed by atoms with Gasteiger partial charge in [0, 0.05) is 32.7 Å². The normalized spacial score (nSPS) is 17.2. The molecule has 0 saturated heterocycles. The molecule has 1 aliphatic rings. The summed E-state index contributed by atoms with van der Waals surface area (Å²) in [6, 6.07) is 16.3. The maximum atomic E-state index is 6.12. The molecule has 0 amide bonds. The van der Waals surface area contributed by atoms with Crippen molar-refractivity contribution in [2.45, 2.75) is 38.5 Å². The number of rotatable bonds is 7. The summed E-state index contributed by atoms with van der Waals surface area (Å²) in [6.07, 6.45) is 0.855. The van der Waals surface area contributed by atoms with Gasteiger partial charge in [-0.2, -0.15) is 0 Å². The number of halogens is 1. The van der Waals surface area contributed by atoms with E-state index in [1.54, 1.807) is 14.2 Å². The molecule has 0 bridgehead atoms. The summed E-state index contributed by atoms with van der Waals surface area (Å²) in [4.78, 5) is 4.41. The Labute approximate surface area is 196 Å². The fourth-order valence-electron chi connectivity index (χ4n) is 3.46. The fourth-order valence-corrected chi connectivity index (χ4v) is 3.46. The molecule has 0 aliphatic carbocycles. The van der Waals surface area contributed by atoms with Crippen LogP contribution in [0.5, 0.6) is 11.5 Å². The van der Waals surface area contributed by atoms with E-state index >= 15 is 0 Å². The van der Waals surface area contributed by atoms with Crippen LogP contribution >= 0.6 is 24.0 Å². The average molecular weight is 525 g/mol. The standard InChI is InChI=1S/C23H31N3O3.HI/c1-23(2)15-20(19-10-5-6-11-21(19)29-23)26-22(24-3)25-16-17-8-7-9-18(14-17)28-13-12-27-4;/h5-11,14,20H,12-13,15-16H2,1-4H3,(H2,24,25,26);1H. The van der Waals surface area contributed by atoms with Crippen molar-refractivity contribution < 1.29 is 14.2 Å². The zero-order chi connectivity index (χ0) is 20.7. The van der Waals surface area contributed by atoms with Crippen molar-refractivity contribution >= 4 is 29.9 Å². The maximum Gasteiger partial charge on any atom is 0.191 e. The first-order valence-corrected chi connectivity index (χ1v) is 9.96. The number of guanidine groups is 1. The summed E-state index contributed by atoms with van der Waals surface area (Å²) >= 11 is 0. The van der Waals surface area contributed by atoms with E-state index in [1.807, 2.05) is 36.4 Å².